The number of hydrazone groups is 1. The van der Waals surface area contributed by atoms with Crippen molar-refractivity contribution in [3.8, 4) is 11.5 Å². The Morgan fingerprint density at radius 1 is 1.18 bits per heavy atom. The van der Waals surface area contributed by atoms with Gasteiger partial charge in [-0.15, -0.1) is 16.9 Å². The molecule has 1 aliphatic heterocycles. The van der Waals surface area contributed by atoms with E-state index in [2.05, 4.69) is 36.8 Å². The summed E-state index contributed by atoms with van der Waals surface area (Å²) in [6.45, 7) is 8.25. The van der Waals surface area contributed by atoms with E-state index in [4.69, 9.17) is 9.47 Å². The molecule has 1 heterocycles. The van der Waals surface area contributed by atoms with Gasteiger partial charge in [-0.25, -0.2) is 5.01 Å². The third-order valence-corrected chi connectivity index (χ3v) is 6.54. The van der Waals surface area contributed by atoms with Gasteiger partial charge in [0.1, 0.15) is 0 Å². The number of methoxy groups -OCH3 is 1. The standard InChI is InChI=1S/C26H26F2N2O2S/c1-6-20(18-9-10-19(15(2)13-18)17-7-8-17)30-16(3)23(33-5)14-24(29-30)32-22-12-11-21(31-4)25(27)26(22)28/h6,9-14,17H,3,7-8H2,1-2,4-5H3/b20-6-. The zero-order chi connectivity index (χ0) is 23.7. The second-order valence-corrected chi connectivity index (χ2v) is 8.77. The predicted molar refractivity (Wildman–Crippen MR) is 130 cm³/mol. The van der Waals surface area contributed by atoms with E-state index in [-0.39, 0.29) is 17.4 Å². The van der Waals surface area contributed by atoms with Crippen molar-refractivity contribution in [1.82, 2.24) is 5.01 Å². The van der Waals surface area contributed by atoms with Crippen molar-refractivity contribution in [1.29, 1.82) is 0 Å². The maximum Gasteiger partial charge on any atom is 0.238 e. The maximum absolute atomic E-state index is 14.5. The molecule has 0 radical (unpaired) electrons. The van der Waals surface area contributed by atoms with E-state index in [1.165, 1.54) is 55.0 Å². The number of rotatable bonds is 6. The first-order valence-corrected chi connectivity index (χ1v) is 11.9. The van der Waals surface area contributed by atoms with Gasteiger partial charge in [-0.3, -0.25) is 0 Å². The lowest BCUT2D eigenvalue weighted by atomic mass is 9.99. The summed E-state index contributed by atoms with van der Waals surface area (Å²) in [6.07, 6.45) is 8.02. The summed E-state index contributed by atoms with van der Waals surface area (Å²) in [4.78, 5) is 0.806. The van der Waals surface area contributed by atoms with Gasteiger partial charge >= 0.3 is 0 Å². The van der Waals surface area contributed by atoms with Gasteiger partial charge in [0.2, 0.25) is 17.5 Å². The van der Waals surface area contributed by atoms with Crippen LogP contribution in [0.15, 0.2) is 64.8 Å². The van der Waals surface area contributed by atoms with Crippen LogP contribution in [0.3, 0.4) is 0 Å². The molecule has 0 saturated heterocycles. The van der Waals surface area contributed by atoms with Gasteiger partial charge in [0, 0.05) is 16.5 Å². The van der Waals surface area contributed by atoms with E-state index in [1.807, 2.05) is 19.3 Å². The first-order chi connectivity index (χ1) is 15.9. The van der Waals surface area contributed by atoms with Crippen molar-refractivity contribution < 1.29 is 18.3 Å². The van der Waals surface area contributed by atoms with Gasteiger partial charge in [-0.2, -0.15) is 8.78 Å². The van der Waals surface area contributed by atoms with E-state index < -0.39 is 11.6 Å². The number of ether oxygens (including phenoxy) is 2. The van der Waals surface area contributed by atoms with Gasteiger partial charge in [-0.05, 0) is 68.2 Å². The fraction of sp³-hybridized carbons (Fsp3) is 0.269. The molecule has 172 valence electrons. The molecule has 4 nitrogen and oxygen atoms in total. The Morgan fingerprint density at radius 2 is 1.88 bits per heavy atom. The van der Waals surface area contributed by atoms with Crippen LogP contribution in [0.5, 0.6) is 11.5 Å². The molecule has 1 aliphatic carbocycles. The summed E-state index contributed by atoms with van der Waals surface area (Å²) in [5.41, 5.74) is 5.13. The van der Waals surface area contributed by atoms with E-state index in [9.17, 15) is 8.78 Å². The number of allylic oxidation sites excluding steroid dienone is 1. The van der Waals surface area contributed by atoms with Crippen LogP contribution in [0.4, 0.5) is 8.78 Å². The predicted octanol–water partition coefficient (Wildman–Crippen LogP) is 6.99. The molecule has 7 heteroatoms. The quantitative estimate of drug-likeness (QED) is 0.458. The van der Waals surface area contributed by atoms with Crippen LogP contribution < -0.4 is 9.47 Å². The van der Waals surface area contributed by atoms with E-state index >= 15 is 0 Å². The SMILES string of the molecule is C=C1C(SC)=CC(Oc2ccc(OC)c(F)c2F)=NN1/C(=C\C)c1ccc(C2CC2)c(C)c1. The summed E-state index contributed by atoms with van der Waals surface area (Å²) in [5.74, 6) is -1.92. The molecule has 0 unspecified atom stereocenters. The number of aryl methyl sites for hydroxylation is 1. The molecule has 2 aliphatic rings. The molecule has 1 saturated carbocycles. The molecule has 0 bridgehead atoms. The smallest absolute Gasteiger partial charge is 0.238 e. The lowest BCUT2D eigenvalue weighted by Gasteiger charge is -2.29. The summed E-state index contributed by atoms with van der Waals surface area (Å²) >= 11 is 1.47. The Kier molecular flexibility index (Phi) is 6.61. The highest BCUT2D eigenvalue weighted by molar-refractivity contribution is 8.02. The number of halogens is 2. The maximum atomic E-state index is 14.5. The largest absolute Gasteiger partial charge is 0.494 e. The second-order valence-electron chi connectivity index (χ2n) is 7.92. The van der Waals surface area contributed by atoms with Gasteiger partial charge in [0.05, 0.1) is 18.5 Å². The Hall–Kier alpha value is -3.06. The normalized spacial score (nSPS) is 16.5. The molecule has 0 N–H and O–H groups in total. The molecule has 0 aromatic heterocycles. The summed E-state index contributed by atoms with van der Waals surface area (Å²) in [6, 6.07) is 9.06. The van der Waals surface area contributed by atoms with Crippen LogP contribution in [0.25, 0.3) is 5.70 Å². The van der Waals surface area contributed by atoms with Crippen LogP contribution in [0.1, 0.15) is 42.4 Å². The van der Waals surface area contributed by atoms with Crippen molar-refractivity contribution in [2.75, 3.05) is 13.4 Å². The fourth-order valence-corrected chi connectivity index (χ4v) is 4.42. The number of thioether (sulfide) groups is 1. The third kappa shape index (κ3) is 4.55. The van der Waals surface area contributed by atoms with Crippen LogP contribution in [-0.2, 0) is 0 Å². The topological polar surface area (TPSA) is 34.1 Å². The Bertz CT molecular complexity index is 1200. The molecule has 33 heavy (non-hydrogen) atoms. The van der Waals surface area contributed by atoms with Gasteiger partial charge in [0.15, 0.2) is 11.5 Å². The molecular formula is C26H26F2N2O2S. The van der Waals surface area contributed by atoms with Crippen LogP contribution >= 0.6 is 11.8 Å². The molecule has 4 rings (SSSR count). The Balaban J connectivity index is 1.69. The zero-order valence-electron chi connectivity index (χ0n) is 19.1. The second kappa shape index (κ2) is 9.43. The monoisotopic (exact) mass is 468 g/mol. The van der Waals surface area contributed by atoms with Crippen LogP contribution in [0, 0.1) is 18.6 Å². The first-order valence-electron chi connectivity index (χ1n) is 10.7. The lowest BCUT2D eigenvalue weighted by molar-refractivity contribution is 0.362. The van der Waals surface area contributed by atoms with Crippen molar-refractivity contribution >= 4 is 23.4 Å². The highest BCUT2D eigenvalue weighted by atomic mass is 32.2. The minimum atomic E-state index is -1.13. The highest BCUT2D eigenvalue weighted by Crippen LogP contribution is 2.42. The van der Waals surface area contributed by atoms with E-state index in [1.54, 1.807) is 11.1 Å². The summed E-state index contributed by atoms with van der Waals surface area (Å²) < 4.78 is 39.2. The molecule has 0 spiro atoms. The number of nitrogens with zero attached hydrogens (tertiary/aromatic N) is 2. The molecule has 0 amide bonds. The molecule has 1 fully saturated rings. The third-order valence-electron chi connectivity index (χ3n) is 5.74. The number of hydrogen-bond acceptors (Lipinski definition) is 5. The van der Waals surface area contributed by atoms with Gasteiger partial charge in [0.25, 0.3) is 0 Å². The minimum Gasteiger partial charge on any atom is -0.494 e. The molecule has 2 aromatic carbocycles. The Labute approximate surface area is 197 Å². The van der Waals surface area contributed by atoms with Crippen molar-refractivity contribution in [2.45, 2.75) is 32.6 Å². The first kappa shape index (κ1) is 23.1. The average Bonchev–Trinajstić information content (AvgIpc) is 3.64. The van der Waals surface area contributed by atoms with E-state index in [0.717, 1.165) is 16.2 Å². The number of benzene rings is 2. The summed E-state index contributed by atoms with van der Waals surface area (Å²) in [5, 5.41) is 6.25. The van der Waals surface area contributed by atoms with E-state index in [0.29, 0.717) is 11.6 Å². The fourth-order valence-electron chi connectivity index (χ4n) is 3.88. The zero-order valence-corrected chi connectivity index (χ0v) is 19.9. The van der Waals surface area contributed by atoms with Crippen LogP contribution in [0.2, 0.25) is 0 Å². The van der Waals surface area contributed by atoms with Crippen molar-refractivity contribution in [2.24, 2.45) is 5.10 Å². The van der Waals surface area contributed by atoms with Gasteiger partial charge in [-0.1, -0.05) is 24.8 Å². The number of hydrogen-bond donors (Lipinski definition) is 0. The molecule has 0 atom stereocenters. The lowest BCUT2D eigenvalue weighted by Crippen LogP contribution is -2.24. The summed E-state index contributed by atoms with van der Waals surface area (Å²) in [7, 11) is 1.28. The van der Waals surface area contributed by atoms with Crippen molar-refractivity contribution in [3.63, 3.8) is 0 Å². The van der Waals surface area contributed by atoms with Crippen molar-refractivity contribution in [3.05, 3.63) is 88.0 Å². The molecular weight excluding hydrogens is 442 g/mol. The highest BCUT2D eigenvalue weighted by Gasteiger charge is 2.27. The average molecular weight is 469 g/mol. The molecule has 2 aromatic rings. The Morgan fingerprint density at radius 3 is 2.48 bits per heavy atom. The van der Waals surface area contributed by atoms with Crippen LogP contribution in [-0.4, -0.2) is 24.3 Å². The minimum absolute atomic E-state index is 0.126. The van der Waals surface area contributed by atoms with Gasteiger partial charge < -0.3 is 9.47 Å².